The fourth-order valence-electron chi connectivity index (χ4n) is 4.32. The van der Waals surface area contributed by atoms with E-state index in [0.717, 1.165) is 17.7 Å². The molecule has 2 heterocycles. The minimum Gasteiger partial charge on any atom is -0.494 e. The third kappa shape index (κ3) is 3.19. The Morgan fingerprint density at radius 1 is 0.871 bits per heavy atom. The average Bonchev–Trinajstić information content (AvgIpc) is 3.32. The minimum atomic E-state index is -0.316. The Morgan fingerprint density at radius 2 is 1.65 bits per heavy atom. The molecule has 3 aromatic carbocycles. The lowest BCUT2D eigenvalue weighted by molar-refractivity contribution is -0.120. The van der Waals surface area contributed by atoms with Crippen molar-refractivity contribution in [1.82, 2.24) is 0 Å². The van der Waals surface area contributed by atoms with E-state index in [1.165, 1.54) is 10.5 Å². The topological polar surface area (TPSA) is 49.9 Å². The highest BCUT2D eigenvalue weighted by Gasteiger charge is 2.44. The Kier molecular flexibility index (Phi) is 4.79. The zero-order chi connectivity index (χ0) is 21.4. The number of hydrogen-bond acceptors (Lipinski definition) is 4. The van der Waals surface area contributed by atoms with E-state index in [1.807, 2.05) is 66.4 Å². The standard InChI is InChI=1S/C26H22N2O3/c1-2-31-21-13-8-12-20(17-21)28-25(29)23(19-10-4-3-5-11-19)24(26(28)30)27-16-15-18-9-6-7-14-22(18)27/h3-14,17H,2,15-16H2,1H3. The molecular weight excluding hydrogens is 388 g/mol. The van der Waals surface area contributed by atoms with Gasteiger partial charge in [-0.1, -0.05) is 54.6 Å². The molecule has 2 aliphatic heterocycles. The first-order valence-electron chi connectivity index (χ1n) is 10.5. The normalized spacial score (nSPS) is 15.6. The molecule has 0 spiro atoms. The van der Waals surface area contributed by atoms with Gasteiger partial charge in [-0.15, -0.1) is 0 Å². The average molecular weight is 410 g/mol. The van der Waals surface area contributed by atoms with Gasteiger partial charge in [0.25, 0.3) is 11.8 Å². The van der Waals surface area contributed by atoms with E-state index in [1.54, 1.807) is 18.2 Å². The molecule has 0 aliphatic carbocycles. The lowest BCUT2D eigenvalue weighted by Gasteiger charge is -2.22. The highest BCUT2D eigenvalue weighted by atomic mass is 16.5. The van der Waals surface area contributed by atoms with Gasteiger partial charge < -0.3 is 9.64 Å². The third-order valence-electron chi connectivity index (χ3n) is 5.67. The molecule has 5 nitrogen and oxygen atoms in total. The summed E-state index contributed by atoms with van der Waals surface area (Å²) in [5.41, 5.74) is 4.28. The van der Waals surface area contributed by atoms with Crippen molar-refractivity contribution in [2.75, 3.05) is 23.0 Å². The number of ether oxygens (including phenoxy) is 1. The van der Waals surface area contributed by atoms with Crippen molar-refractivity contribution in [2.45, 2.75) is 13.3 Å². The predicted molar refractivity (Wildman–Crippen MR) is 121 cm³/mol. The molecule has 31 heavy (non-hydrogen) atoms. The summed E-state index contributed by atoms with van der Waals surface area (Å²) in [6, 6.07) is 24.6. The van der Waals surface area contributed by atoms with E-state index >= 15 is 0 Å². The highest BCUT2D eigenvalue weighted by molar-refractivity contribution is 6.46. The zero-order valence-electron chi connectivity index (χ0n) is 17.2. The van der Waals surface area contributed by atoms with Gasteiger partial charge in [0.2, 0.25) is 0 Å². The van der Waals surface area contributed by atoms with Crippen LogP contribution in [0.15, 0.2) is 84.6 Å². The number of para-hydroxylation sites is 1. The summed E-state index contributed by atoms with van der Waals surface area (Å²) in [6.07, 6.45) is 0.836. The molecular formula is C26H22N2O3. The predicted octanol–water partition coefficient (Wildman–Crippen LogP) is 4.43. The van der Waals surface area contributed by atoms with Crippen LogP contribution in [0, 0.1) is 0 Å². The monoisotopic (exact) mass is 410 g/mol. The zero-order valence-corrected chi connectivity index (χ0v) is 17.2. The molecule has 2 aliphatic rings. The van der Waals surface area contributed by atoms with Crippen LogP contribution in [0.5, 0.6) is 5.75 Å². The number of rotatable bonds is 5. The Balaban J connectivity index is 1.65. The SMILES string of the molecule is CCOc1cccc(N2C(=O)C(c3ccccc3)=C(N3CCc4ccccc43)C2=O)c1. The van der Waals surface area contributed by atoms with Crippen LogP contribution in [0.1, 0.15) is 18.1 Å². The summed E-state index contributed by atoms with van der Waals surface area (Å²) >= 11 is 0. The number of benzene rings is 3. The molecule has 0 fully saturated rings. The highest BCUT2D eigenvalue weighted by Crippen LogP contribution is 2.40. The summed E-state index contributed by atoms with van der Waals surface area (Å²) in [6.45, 7) is 3.07. The first-order valence-corrected chi connectivity index (χ1v) is 10.5. The van der Waals surface area contributed by atoms with E-state index in [4.69, 9.17) is 4.74 Å². The van der Waals surface area contributed by atoms with Crippen molar-refractivity contribution in [3.8, 4) is 5.75 Å². The van der Waals surface area contributed by atoms with Crippen LogP contribution in [-0.4, -0.2) is 25.0 Å². The van der Waals surface area contributed by atoms with Crippen LogP contribution in [0.3, 0.4) is 0 Å². The first kappa shape index (κ1) is 19.1. The van der Waals surface area contributed by atoms with Crippen molar-refractivity contribution in [3.05, 3.63) is 95.7 Å². The number of fused-ring (bicyclic) bond motifs is 1. The molecule has 0 unspecified atom stereocenters. The number of imide groups is 1. The molecule has 0 N–H and O–H groups in total. The van der Waals surface area contributed by atoms with E-state index in [0.29, 0.717) is 35.9 Å². The Bertz CT molecular complexity index is 1200. The van der Waals surface area contributed by atoms with Gasteiger partial charge in [0.1, 0.15) is 11.4 Å². The van der Waals surface area contributed by atoms with Crippen LogP contribution in [0.4, 0.5) is 11.4 Å². The Morgan fingerprint density at radius 3 is 2.45 bits per heavy atom. The van der Waals surface area contributed by atoms with Crippen LogP contribution < -0.4 is 14.5 Å². The van der Waals surface area contributed by atoms with E-state index < -0.39 is 0 Å². The van der Waals surface area contributed by atoms with Gasteiger partial charge >= 0.3 is 0 Å². The quantitative estimate of drug-likeness (QED) is 0.584. The summed E-state index contributed by atoms with van der Waals surface area (Å²) < 4.78 is 5.59. The lowest BCUT2D eigenvalue weighted by Crippen LogP contribution is -2.34. The first-order chi connectivity index (χ1) is 15.2. The molecule has 5 rings (SSSR count). The van der Waals surface area contributed by atoms with Gasteiger partial charge in [-0.2, -0.15) is 0 Å². The maximum absolute atomic E-state index is 13.7. The maximum atomic E-state index is 13.7. The molecule has 154 valence electrons. The fraction of sp³-hybridized carbons (Fsp3) is 0.154. The minimum absolute atomic E-state index is 0.311. The largest absolute Gasteiger partial charge is 0.494 e. The molecule has 0 saturated heterocycles. The second-order valence-corrected chi connectivity index (χ2v) is 7.50. The van der Waals surface area contributed by atoms with Crippen LogP contribution in [0.25, 0.3) is 5.57 Å². The molecule has 0 radical (unpaired) electrons. The summed E-state index contributed by atoms with van der Waals surface area (Å²) in [7, 11) is 0. The molecule has 0 bridgehead atoms. The van der Waals surface area contributed by atoms with Crippen molar-refractivity contribution < 1.29 is 14.3 Å². The van der Waals surface area contributed by atoms with E-state index in [-0.39, 0.29) is 11.8 Å². The Hall–Kier alpha value is -3.86. The maximum Gasteiger partial charge on any atom is 0.282 e. The van der Waals surface area contributed by atoms with Crippen molar-refractivity contribution in [1.29, 1.82) is 0 Å². The molecule has 0 aromatic heterocycles. The fourth-order valence-corrected chi connectivity index (χ4v) is 4.32. The summed E-state index contributed by atoms with van der Waals surface area (Å²) in [4.78, 5) is 30.6. The second-order valence-electron chi connectivity index (χ2n) is 7.50. The van der Waals surface area contributed by atoms with Gasteiger partial charge in [-0.3, -0.25) is 9.59 Å². The number of carbonyl (C=O) groups is 2. The smallest absolute Gasteiger partial charge is 0.282 e. The number of amides is 2. The third-order valence-corrected chi connectivity index (χ3v) is 5.67. The lowest BCUT2D eigenvalue weighted by atomic mass is 10.0. The molecule has 5 heteroatoms. The van der Waals surface area contributed by atoms with Gasteiger partial charge in [0.15, 0.2) is 0 Å². The van der Waals surface area contributed by atoms with Gasteiger partial charge in [0, 0.05) is 18.3 Å². The van der Waals surface area contributed by atoms with Gasteiger partial charge in [0.05, 0.1) is 17.9 Å². The summed E-state index contributed by atoms with van der Waals surface area (Å²) in [5, 5.41) is 0. The number of nitrogens with zero attached hydrogens (tertiary/aromatic N) is 2. The van der Waals surface area contributed by atoms with E-state index in [9.17, 15) is 9.59 Å². The van der Waals surface area contributed by atoms with Crippen LogP contribution in [0.2, 0.25) is 0 Å². The second kappa shape index (κ2) is 7.76. The molecule has 2 amide bonds. The van der Waals surface area contributed by atoms with E-state index in [2.05, 4.69) is 6.07 Å². The van der Waals surface area contributed by atoms with Gasteiger partial charge in [-0.25, -0.2) is 4.90 Å². The van der Waals surface area contributed by atoms with Crippen LogP contribution in [-0.2, 0) is 16.0 Å². The van der Waals surface area contributed by atoms with Gasteiger partial charge in [-0.05, 0) is 42.7 Å². The number of hydrogen-bond donors (Lipinski definition) is 0. The number of anilines is 2. The van der Waals surface area contributed by atoms with Crippen LogP contribution >= 0.6 is 0 Å². The Labute approximate surface area is 181 Å². The summed E-state index contributed by atoms with van der Waals surface area (Å²) in [5.74, 6) is 0.000244. The van der Waals surface area contributed by atoms with Crippen molar-refractivity contribution >= 4 is 28.8 Å². The molecule has 0 atom stereocenters. The molecule has 0 saturated carbocycles. The molecule has 3 aromatic rings. The number of carbonyl (C=O) groups excluding carboxylic acids is 2. The van der Waals surface area contributed by atoms with Crippen molar-refractivity contribution in [3.63, 3.8) is 0 Å². The van der Waals surface area contributed by atoms with Crippen molar-refractivity contribution in [2.24, 2.45) is 0 Å².